The molecule has 0 N–H and O–H groups in total. The van der Waals surface area contributed by atoms with Gasteiger partial charge in [0.2, 0.25) is 0 Å². The van der Waals surface area contributed by atoms with E-state index < -0.39 is 11.7 Å². The predicted molar refractivity (Wildman–Crippen MR) is 117 cm³/mol. The fourth-order valence-corrected chi connectivity index (χ4v) is 2.57. The fraction of sp³-hybridized carbons (Fsp3) is 0.440. The van der Waals surface area contributed by atoms with Gasteiger partial charge in [0.15, 0.2) is 0 Å². The number of rotatable bonds is 7. The Balaban J connectivity index is 3.31. The summed E-state index contributed by atoms with van der Waals surface area (Å²) < 4.78 is 12.6. The number of hydrogen-bond acceptors (Lipinski definition) is 3. The molecule has 0 unspecified atom stereocenters. The summed E-state index contributed by atoms with van der Waals surface area (Å²) in [7, 11) is 0. The highest BCUT2D eigenvalue weighted by Gasteiger charge is 2.23. The molecule has 0 aliphatic carbocycles. The molecule has 0 aliphatic rings. The summed E-state index contributed by atoms with van der Waals surface area (Å²) in [4.78, 5) is 23.4. The highest BCUT2D eigenvalue weighted by molar-refractivity contribution is 5.83. The van der Waals surface area contributed by atoms with Gasteiger partial charge in [-0.25, -0.2) is 4.79 Å². The number of aldehydes is 1. The minimum atomic E-state index is -0.870. The minimum absolute atomic E-state index is 0.0823. The van der Waals surface area contributed by atoms with Crippen LogP contribution in [-0.2, 0) is 25.2 Å². The third-order valence-corrected chi connectivity index (χ3v) is 4.57. The first-order valence-electron chi connectivity index (χ1n) is 10.2. The molecule has 0 saturated carbocycles. The van der Waals surface area contributed by atoms with E-state index in [1.165, 1.54) is 6.08 Å². The van der Waals surface area contributed by atoms with Crippen molar-refractivity contribution in [3.63, 3.8) is 0 Å². The molecule has 0 radical (unpaired) electrons. The third kappa shape index (κ3) is 6.95. The molecule has 1 rings (SSSR count). The Hall–Kier alpha value is -2.42. The summed E-state index contributed by atoms with van der Waals surface area (Å²) in [6, 6.07) is 6.16. The van der Waals surface area contributed by atoms with Gasteiger partial charge in [0, 0.05) is 11.5 Å². The predicted octanol–water partition coefficient (Wildman–Crippen LogP) is 5.93. The highest BCUT2D eigenvalue weighted by atomic mass is 16.5. The van der Waals surface area contributed by atoms with E-state index in [4.69, 9.17) is 6.11 Å². The molecule has 0 aliphatic heterocycles. The molecule has 1 aromatic carbocycles. The number of allylic oxidation sites excluding steroid dienone is 5. The van der Waals surface area contributed by atoms with Crippen LogP contribution in [0, 0.1) is 0 Å². The topological polar surface area (TPSA) is 43.4 Å². The number of ether oxygens (including phenoxy) is 1. The first kappa shape index (κ1) is 21.9. The summed E-state index contributed by atoms with van der Waals surface area (Å²) in [6.07, 6.45) is 6.58. The largest absolute Gasteiger partial charge is 0.463 e. The molecule has 0 fully saturated rings. The molecule has 152 valence electrons. The molecule has 28 heavy (non-hydrogen) atoms. The highest BCUT2D eigenvalue weighted by Crippen LogP contribution is 2.31. The maximum Gasteiger partial charge on any atom is 0.330 e. The zero-order valence-electron chi connectivity index (χ0n) is 19.5. The van der Waals surface area contributed by atoms with Gasteiger partial charge in [-0.1, -0.05) is 57.2 Å². The summed E-state index contributed by atoms with van der Waals surface area (Å²) in [6.45, 7) is 16.0. The van der Waals surface area contributed by atoms with Gasteiger partial charge in [0.1, 0.15) is 7.63 Å². The van der Waals surface area contributed by atoms with Crippen LogP contribution in [0.4, 0.5) is 0 Å². The van der Waals surface area contributed by atoms with Crippen molar-refractivity contribution in [2.24, 2.45) is 0 Å². The second-order valence-electron chi connectivity index (χ2n) is 8.63. The number of benzene rings is 1. The lowest BCUT2D eigenvalue weighted by Gasteiger charge is -2.25. The number of carbonyl (C=O) groups excluding carboxylic acids is 2. The van der Waals surface area contributed by atoms with Crippen molar-refractivity contribution in [1.82, 2.24) is 0 Å². The van der Waals surface area contributed by atoms with E-state index in [2.05, 4.69) is 26.8 Å². The molecule has 0 saturated heterocycles. The van der Waals surface area contributed by atoms with Gasteiger partial charge in [0.25, 0.3) is 0 Å². The molecule has 0 aromatic heterocycles. The molecular weight excluding hydrogens is 348 g/mol. The van der Waals surface area contributed by atoms with Crippen molar-refractivity contribution in [1.29, 1.82) is 0 Å². The maximum atomic E-state index is 11.9. The SMILES string of the molecule is [3H]C(=O)C(C)(C)c1cc(/C(C)=C/C=C/C(C)=C/C(=O)OCC)cc(C(C)(C)C)c1. The molecule has 0 amide bonds. The van der Waals surface area contributed by atoms with Gasteiger partial charge in [-0.15, -0.1) is 0 Å². The van der Waals surface area contributed by atoms with E-state index in [0.717, 1.165) is 27.8 Å². The second-order valence-corrected chi connectivity index (χ2v) is 8.63. The van der Waals surface area contributed by atoms with Gasteiger partial charge >= 0.3 is 5.97 Å². The Morgan fingerprint density at radius 1 is 1.11 bits per heavy atom. The quantitative estimate of drug-likeness (QED) is 0.253. The molecule has 3 nitrogen and oxygen atoms in total. The summed E-state index contributed by atoms with van der Waals surface area (Å²) in [5.74, 6) is -0.347. The first-order valence-corrected chi connectivity index (χ1v) is 9.66. The Bertz CT molecular complexity index is 849. The van der Waals surface area contributed by atoms with Crippen LogP contribution in [0.5, 0.6) is 0 Å². The standard InChI is InChI=1S/C25H34O3/c1-9-28-23(27)13-18(2)11-10-12-19(3)20-14-21(24(4,5)6)16-22(15-20)25(7,8)17-26/h10-17H,9H2,1-8H3/b11-10+,18-13+,19-12+/i17T. The minimum Gasteiger partial charge on any atom is -0.463 e. The van der Waals surface area contributed by atoms with E-state index in [9.17, 15) is 9.59 Å². The lowest BCUT2D eigenvalue weighted by molar-refractivity contribution is -0.137. The molecule has 0 atom stereocenters. The van der Waals surface area contributed by atoms with Crippen LogP contribution in [0.3, 0.4) is 0 Å². The van der Waals surface area contributed by atoms with Gasteiger partial charge < -0.3 is 9.53 Å². The van der Waals surface area contributed by atoms with Crippen LogP contribution in [0.25, 0.3) is 5.57 Å². The Labute approximate surface area is 171 Å². The van der Waals surface area contributed by atoms with Crippen LogP contribution in [0.1, 0.15) is 73.5 Å². The van der Waals surface area contributed by atoms with Gasteiger partial charge in [-0.3, -0.25) is 0 Å². The van der Waals surface area contributed by atoms with E-state index >= 15 is 0 Å². The van der Waals surface area contributed by atoms with Gasteiger partial charge in [0.05, 0.1) is 6.61 Å². The van der Waals surface area contributed by atoms with E-state index in [-0.39, 0.29) is 11.4 Å². The normalized spacial score (nSPS) is 14.2. The van der Waals surface area contributed by atoms with Crippen LogP contribution in [0.15, 0.2) is 48.1 Å². The summed E-state index contributed by atoms with van der Waals surface area (Å²) >= 11 is 0. The summed E-state index contributed by atoms with van der Waals surface area (Å²) in [5, 5.41) is 0. The van der Waals surface area contributed by atoms with Crippen LogP contribution in [0.2, 0.25) is 0 Å². The third-order valence-electron chi connectivity index (χ3n) is 4.57. The molecule has 3 heteroatoms. The lowest BCUT2D eigenvalue weighted by Crippen LogP contribution is -2.21. The average molecular weight is 385 g/mol. The van der Waals surface area contributed by atoms with Gasteiger partial charge in [-0.05, 0) is 67.9 Å². The smallest absolute Gasteiger partial charge is 0.330 e. The van der Waals surface area contributed by atoms with Crippen LogP contribution in [-0.4, -0.2) is 18.8 Å². The second kappa shape index (κ2) is 9.68. The Morgan fingerprint density at radius 3 is 2.25 bits per heavy atom. The number of hydrogen-bond donors (Lipinski definition) is 0. The van der Waals surface area contributed by atoms with E-state index in [1.54, 1.807) is 20.8 Å². The molecule has 0 spiro atoms. The van der Waals surface area contributed by atoms with Crippen LogP contribution >= 0.6 is 0 Å². The van der Waals surface area contributed by atoms with E-state index in [0.29, 0.717) is 6.61 Å². The average Bonchev–Trinajstić information content (AvgIpc) is 2.60. The summed E-state index contributed by atoms with van der Waals surface area (Å²) in [5.41, 5.74) is 3.86. The fourth-order valence-electron chi connectivity index (χ4n) is 2.57. The first-order chi connectivity index (χ1) is 13.3. The van der Waals surface area contributed by atoms with Crippen LogP contribution < -0.4 is 0 Å². The Morgan fingerprint density at radius 2 is 1.71 bits per heavy atom. The Kier molecular flexibility index (Phi) is 7.56. The number of carbonyl (C=O) groups is 2. The van der Waals surface area contributed by atoms with Crippen molar-refractivity contribution in [2.45, 2.75) is 66.2 Å². The molecule has 0 heterocycles. The van der Waals surface area contributed by atoms with Crippen molar-refractivity contribution < 1.29 is 15.7 Å². The number of esters is 1. The van der Waals surface area contributed by atoms with Crippen molar-refractivity contribution in [3.05, 3.63) is 64.8 Å². The van der Waals surface area contributed by atoms with Crippen molar-refractivity contribution in [2.75, 3.05) is 6.61 Å². The van der Waals surface area contributed by atoms with Crippen molar-refractivity contribution in [3.8, 4) is 0 Å². The lowest BCUT2D eigenvalue weighted by atomic mass is 9.78. The van der Waals surface area contributed by atoms with Gasteiger partial charge in [-0.2, -0.15) is 0 Å². The zero-order valence-corrected chi connectivity index (χ0v) is 18.5. The zero-order chi connectivity index (χ0) is 22.4. The molecule has 0 bridgehead atoms. The van der Waals surface area contributed by atoms with E-state index in [1.807, 2.05) is 44.2 Å². The molecule has 1 aromatic rings. The monoisotopic (exact) mass is 384 g/mol. The molecular formula is C25H34O3. The maximum absolute atomic E-state index is 11.9. The van der Waals surface area contributed by atoms with Crippen molar-refractivity contribution >= 4 is 17.8 Å².